The van der Waals surface area contributed by atoms with Crippen molar-refractivity contribution in [3.63, 3.8) is 0 Å². The molecular weight excluding hydrogens is 414 g/mol. The Morgan fingerprint density at radius 3 is 1.93 bits per heavy atom. The van der Waals surface area contributed by atoms with Gasteiger partial charge in [0.25, 0.3) is 5.69 Å². The second-order valence-electron chi connectivity index (χ2n) is 6.71. The molecule has 0 amide bonds. The molecule has 168 valence electrons. The Labute approximate surface area is 168 Å². The quantitative estimate of drug-likeness (QED) is 0.176. The van der Waals surface area contributed by atoms with Crippen LogP contribution in [-0.2, 0) is 14.2 Å². The van der Waals surface area contributed by atoms with Crippen LogP contribution in [0.5, 0.6) is 5.75 Å². The van der Waals surface area contributed by atoms with E-state index >= 15 is 0 Å². The van der Waals surface area contributed by atoms with Gasteiger partial charge in [0.2, 0.25) is 6.29 Å². The van der Waals surface area contributed by atoms with Gasteiger partial charge >= 0.3 is 0 Å². The van der Waals surface area contributed by atoms with E-state index < -0.39 is 66.7 Å². The smallest absolute Gasteiger partial charge is 0.269 e. The van der Waals surface area contributed by atoms with Gasteiger partial charge in [0.15, 0.2) is 18.9 Å². The first-order valence-corrected chi connectivity index (χ1v) is 8.74. The summed E-state index contributed by atoms with van der Waals surface area (Å²) in [5.74, 6) is 0.0367. The van der Waals surface area contributed by atoms with E-state index in [0.29, 0.717) is 0 Å². The number of aliphatic hydroxyl groups is 7. The van der Waals surface area contributed by atoms with Crippen molar-refractivity contribution in [2.75, 3.05) is 0 Å². The van der Waals surface area contributed by atoms with Crippen molar-refractivity contribution in [3.05, 3.63) is 34.4 Å². The van der Waals surface area contributed by atoms with Crippen LogP contribution >= 0.6 is 0 Å². The molecule has 0 radical (unpaired) electrons. The number of benzene rings is 1. The molecule has 2 saturated heterocycles. The Balaban J connectivity index is 1.65. The largest absolute Gasteiger partial charge is 0.462 e. The van der Waals surface area contributed by atoms with Gasteiger partial charge in [-0.25, -0.2) is 0 Å². The lowest BCUT2D eigenvalue weighted by atomic mass is 10.0. The minimum Gasteiger partial charge on any atom is -0.462 e. The van der Waals surface area contributed by atoms with Crippen molar-refractivity contribution < 1.29 is 59.6 Å². The summed E-state index contributed by atoms with van der Waals surface area (Å²) in [6.45, 7) is 0. The Bertz CT molecular complexity index is 732. The van der Waals surface area contributed by atoms with E-state index in [2.05, 4.69) is 0 Å². The summed E-state index contributed by atoms with van der Waals surface area (Å²) in [5, 5.41) is 79.8. The zero-order valence-electron chi connectivity index (χ0n) is 15.1. The molecule has 30 heavy (non-hydrogen) atoms. The molecule has 7 N–H and O–H groups in total. The van der Waals surface area contributed by atoms with Gasteiger partial charge in [0.05, 0.1) is 4.92 Å². The van der Waals surface area contributed by atoms with Crippen molar-refractivity contribution in [2.45, 2.75) is 61.8 Å². The Hall–Kier alpha value is -1.98. The fourth-order valence-electron chi connectivity index (χ4n) is 2.94. The first-order chi connectivity index (χ1) is 14.1. The first-order valence-electron chi connectivity index (χ1n) is 8.74. The fraction of sp³-hybridized carbons (Fsp3) is 0.625. The average molecular weight is 435 g/mol. The summed E-state index contributed by atoms with van der Waals surface area (Å²) >= 11 is 0. The van der Waals surface area contributed by atoms with Gasteiger partial charge in [0.1, 0.15) is 42.4 Å². The van der Waals surface area contributed by atoms with Crippen molar-refractivity contribution >= 4 is 5.69 Å². The van der Waals surface area contributed by atoms with Crippen molar-refractivity contribution in [1.29, 1.82) is 0 Å². The predicted molar refractivity (Wildman–Crippen MR) is 90.4 cm³/mol. The second kappa shape index (κ2) is 9.03. The lowest BCUT2D eigenvalue weighted by Gasteiger charge is -2.44. The molecule has 2 aliphatic heterocycles. The van der Waals surface area contributed by atoms with Crippen molar-refractivity contribution in [3.8, 4) is 5.75 Å². The molecule has 2 aliphatic rings. The molecule has 3 rings (SSSR count). The number of nitro benzene ring substituents is 1. The number of rotatable bonds is 5. The third-order valence-corrected chi connectivity index (χ3v) is 4.66. The molecule has 0 aliphatic carbocycles. The van der Waals surface area contributed by atoms with Crippen LogP contribution in [0.15, 0.2) is 24.3 Å². The summed E-state index contributed by atoms with van der Waals surface area (Å²) < 4.78 is 20.3. The lowest BCUT2D eigenvalue weighted by Crippen LogP contribution is -2.64. The lowest BCUT2D eigenvalue weighted by molar-refractivity contribution is -0.390. The maximum absolute atomic E-state index is 10.7. The van der Waals surface area contributed by atoms with Crippen LogP contribution in [0, 0.1) is 10.1 Å². The zero-order valence-corrected chi connectivity index (χ0v) is 15.1. The van der Waals surface area contributed by atoms with Crippen LogP contribution in [0.3, 0.4) is 0 Å². The molecule has 1 aromatic carbocycles. The van der Waals surface area contributed by atoms with E-state index in [1.54, 1.807) is 0 Å². The van der Waals surface area contributed by atoms with Crippen molar-refractivity contribution in [2.24, 2.45) is 0 Å². The molecule has 14 heteroatoms. The first kappa shape index (κ1) is 22.7. The molecule has 2 fully saturated rings. The highest BCUT2D eigenvalue weighted by Crippen LogP contribution is 2.29. The summed E-state index contributed by atoms with van der Waals surface area (Å²) in [4.78, 5) is 10.0. The van der Waals surface area contributed by atoms with Crippen LogP contribution in [-0.4, -0.2) is 102 Å². The summed E-state index contributed by atoms with van der Waals surface area (Å²) in [7, 11) is 0. The molecule has 0 spiro atoms. The minimum absolute atomic E-state index is 0.0367. The SMILES string of the molecule is O=[N+]([O-])c1ccc(O[C@@H]2O[C@H](O)C(O[C@@H]3O[C@H](O)[C@@H](O)[C@H](O)[C@H]3O)[C@H](O)[C@H]2O)cc1. The van der Waals surface area contributed by atoms with Gasteiger partial charge in [-0.15, -0.1) is 0 Å². The van der Waals surface area contributed by atoms with Crippen LogP contribution in [0.4, 0.5) is 5.69 Å². The summed E-state index contributed by atoms with van der Waals surface area (Å²) in [5.41, 5.74) is -0.207. The maximum atomic E-state index is 10.7. The number of nitro groups is 1. The van der Waals surface area contributed by atoms with Gasteiger partial charge in [-0.1, -0.05) is 0 Å². The Kier molecular flexibility index (Phi) is 6.83. The minimum atomic E-state index is -1.92. The Morgan fingerprint density at radius 2 is 1.33 bits per heavy atom. The highest BCUT2D eigenvalue weighted by Gasteiger charge is 2.50. The van der Waals surface area contributed by atoms with Gasteiger partial charge in [-0.05, 0) is 12.1 Å². The predicted octanol–water partition coefficient (Wildman–Crippen LogP) is -3.49. The van der Waals surface area contributed by atoms with Crippen molar-refractivity contribution in [1.82, 2.24) is 0 Å². The molecule has 14 nitrogen and oxygen atoms in total. The highest BCUT2D eigenvalue weighted by molar-refractivity contribution is 5.36. The summed E-state index contributed by atoms with van der Waals surface area (Å²) in [6.07, 6.45) is -18.0. The molecule has 2 heterocycles. The van der Waals surface area contributed by atoms with Crippen LogP contribution in [0.1, 0.15) is 0 Å². The number of ether oxygens (including phenoxy) is 4. The van der Waals surface area contributed by atoms with Crippen LogP contribution in [0.2, 0.25) is 0 Å². The van der Waals surface area contributed by atoms with E-state index in [-0.39, 0.29) is 11.4 Å². The van der Waals surface area contributed by atoms with Gasteiger partial charge < -0.3 is 54.7 Å². The van der Waals surface area contributed by atoms with Crippen LogP contribution < -0.4 is 4.74 Å². The molecular formula is C16H21NO13. The van der Waals surface area contributed by atoms with E-state index in [1.165, 1.54) is 12.1 Å². The number of hydrogen-bond acceptors (Lipinski definition) is 13. The second-order valence-corrected chi connectivity index (χ2v) is 6.71. The van der Waals surface area contributed by atoms with Gasteiger partial charge in [0, 0.05) is 12.1 Å². The Morgan fingerprint density at radius 1 is 0.767 bits per heavy atom. The number of nitrogens with zero attached hydrogens (tertiary/aromatic N) is 1. The molecule has 0 aromatic heterocycles. The topological polar surface area (TPSA) is 222 Å². The summed E-state index contributed by atoms with van der Waals surface area (Å²) in [6, 6.07) is 4.71. The van der Waals surface area contributed by atoms with Crippen LogP contribution in [0.25, 0.3) is 0 Å². The molecule has 0 saturated carbocycles. The van der Waals surface area contributed by atoms with Gasteiger partial charge in [-0.2, -0.15) is 0 Å². The van der Waals surface area contributed by atoms with E-state index in [0.717, 1.165) is 12.1 Å². The number of aliphatic hydroxyl groups excluding tert-OH is 7. The maximum Gasteiger partial charge on any atom is 0.269 e. The molecule has 10 atom stereocenters. The fourth-order valence-corrected chi connectivity index (χ4v) is 2.94. The monoisotopic (exact) mass is 435 g/mol. The molecule has 1 unspecified atom stereocenters. The standard InChI is InChI=1S/C16H21NO13/c18-7-9(20)13(23)29-16(10(7)21)28-12-8(19)11(22)15(30-14(12)24)27-6-3-1-5(2-4-6)17(25)26/h1-4,7-16,18-24H/t7-,8+,9-,10+,11+,12?,13-,14-,15+,16+/m0/s1. The van der Waals surface area contributed by atoms with E-state index in [1.807, 2.05) is 0 Å². The highest BCUT2D eigenvalue weighted by atomic mass is 16.8. The van der Waals surface area contributed by atoms with Gasteiger partial charge in [-0.3, -0.25) is 10.1 Å². The number of hydrogen-bond donors (Lipinski definition) is 7. The third-order valence-electron chi connectivity index (χ3n) is 4.66. The normalized spacial score (nSPS) is 42.0. The van der Waals surface area contributed by atoms with E-state index in [4.69, 9.17) is 18.9 Å². The third kappa shape index (κ3) is 4.52. The molecule has 1 aromatic rings. The average Bonchev–Trinajstić information content (AvgIpc) is 2.71. The zero-order chi connectivity index (χ0) is 22.2. The molecule has 0 bridgehead atoms. The number of non-ortho nitro benzene ring substituents is 1. The van der Waals surface area contributed by atoms with E-state index in [9.17, 15) is 45.9 Å².